The first-order valence-electron chi connectivity index (χ1n) is 9.84. The third kappa shape index (κ3) is 5.56. The van der Waals surface area contributed by atoms with Gasteiger partial charge in [0, 0.05) is 29.8 Å². The Morgan fingerprint density at radius 2 is 2.07 bits per heavy atom. The van der Waals surface area contributed by atoms with Crippen LogP contribution in [0.2, 0.25) is 0 Å². The summed E-state index contributed by atoms with van der Waals surface area (Å²) in [5.74, 6) is -2.70. The molecule has 10 heteroatoms. The van der Waals surface area contributed by atoms with Gasteiger partial charge in [0.15, 0.2) is 6.67 Å². The van der Waals surface area contributed by atoms with Crippen LogP contribution in [0.3, 0.4) is 0 Å². The van der Waals surface area contributed by atoms with E-state index >= 15 is 0 Å². The second-order valence-electron chi connectivity index (χ2n) is 7.05. The average Bonchev–Trinajstić information content (AvgIpc) is 3.55. The largest absolute Gasteiger partial charge is 0.367 e. The van der Waals surface area contributed by atoms with E-state index in [1.807, 2.05) is 12.1 Å². The third-order valence-corrected chi connectivity index (χ3v) is 5.40. The minimum atomic E-state index is -3.66. The predicted molar refractivity (Wildman–Crippen MR) is 117 cm³/mol. The lowest BCUT2D eigenvalue weighted by atomic mass is 10.1. The molecule has 1 fully saturated rings. The van der Waals surface area contributed by atoms with E-state index < -0.39 is 18.2 Å². The smallest absolute Gasteiger partial charge is 0.306 e. The molecule has 0 amide bonds. The van der Waals surface area contributed by atoms with Crippen LogP contribution in [0.5, 0.6) is 0 Å². The van der Waals surface area contributed by atoms with E-state index in [0.717, 1.165) is 43.3 Å². The summed E-state index contributed by atoms with van der Waals surface area (Å²) in [5, 5.41) is 13.7. The Kier molecular flexibility index (Phi) is 7.41. The molecule has 1 aromatic carbocycles. The van der Waals surface area contributed by atoms with Gasteiger partial charge >= 0.3 is 5.92 Å². The summed E-state index contributed by atoms with van der Waals surface area (Å²) in [6.07, 6.45) is 6.05. The number of anilines is 4. The summed E-state index contributed by atoms with van der Waals surface area (Å²) in [5.41, 5.74) is 1.36. The van der Waals surface area contributed by atoms with Crippen LogP contribution in [-0.2, 0) is 5.92 Å². The van der Waals surface area contributed by atoms with Crippen molar-refractivity contribution in [3.05, 3.63) is 35.5 Å². The zero-order valence-electron chi connectivity index (χ0n) is 16.6. The molecule has 1 saturated carbocycles. The van der Waals surface area contributed by atoms with Crippen molar-refractivity contribution >= 4 is 41.3 Å². The monoisotopic (exact) mass is 438 g/mol. The predicted octanol–water partition coefficient (Wildman–Crippen LogP) is 5.71. The van der Waals surface area contributed by atoms with Gasteiger partial charge in [-0.3, -0.25) is 0 Å². The van der Waals surface area contributed by atoms with Gasteiger partial charge in [0.05, 0.1) is 16.9 Å². The highest BCUT2D eigenvalue weighted by molar-refractivity contribution is 8.00. The molecule has 1 heterocycles. The van der Waals surface area contributed by atoms with Crippen LogP contribution in [0.25, 0.3) is 0 Å². The van der Waals surface area contributed by atoms with Crippen LogP contribution in [-0.4, -0.2) is 34.7 Å². The molecule has 6 nitrogen and oxygen atoms in total. The average molecular weight is 439 g/mol. The van der Waals surface area contributed by atoms with E-state index in [9.17, 15) is 13.2 Å². The quantitative estimate of drug-likeness (QED) is 0.193. The molecule has 3 rings (SSSR count). The van der Waals surface area contributed by atoms with Crippen LogP contribution in [0, 0.1) is 5.41 Å². The zero-order valence-corrected chi connectivity index (χ0v) is 17.5. The standard InChI is InChI=1S/C20H25F3N6S/c1-2-3-9-30-29-17-6-4-5-16(14(17)10-24)27-19-25-11-15(20(22,23)12-21)18(28-19)26-13-7-8-13/h4-6,10-11,13,24,29H,2-3,7-9,12H2,1H3,(H2,25,26,27,28). The number of benzene rings is 1. The van der Waals surface area contributed by atoms with Crippen LogP contribution in [0.1, 0.15) is 43.7 Å². The van der Waals surface area contributed by atoms with Gasteiger partial charge in [0.2, 0.25) is 5.95 Å². The number of alkyl halides is 3. The molecule has 0 spiro atoms. The van der Waals surface area contributed by atoms with E-state index in [-0.39, 0.29) is 17.8 Å². The molecule has 4 N–H and O–H groups in total. The van der Waals surface area contributed by atoms with E-state index in [2.05, 4.69) is 32.2 Å². The zero-order chi connectivity index (χ0) is 21.6. The summed E-state index contributed by atoms with van der Waals surface area (Å²) >= 11 is 1.56. The van der Waals surface area contributed by atoms with Gasteiger partial charge in [0.25, 0.3) is 0 Å². The maximum Gasteiger partial charge on any atom is 0.306 e. The maximum atomic E-state index is 14.0. The van der Waals surface area contributed by atoms with Crippen molar-refractivity contribution in [1.29, 1.82) is 5.41 Å². The second-order valence-corrected chi connectivity index (χ2v) is 7.95. The lowest BCUT2D eigenvalue weighted by Gasteiger charge is -2.18. The maximum absolute atomic E-state index is 14.0. The minimum absolute atomic E-state index is 0.0618. The molecule has 1 aliphatic carbocycles. The van der Waals surface area contributed by atoms with Gasteiger partial charge in [-0.15, -0.1) is 0 Å². The topological polar surface area (TPSA) is 85.7 Å². The fraction of sp³-hybridized carbons (Fsp3) is 0.450. The number of rotatable bonds is 12. The van der Waals surface area contributed by atoms with Crippen molar-refractivity contribution in [3.63, 3.8) is 0 Å². The number of nitrogens with one attached hydrogen (secondary N) is 4. The molecule has 30 heavy (non-hydrogen) atoms. The van der Waals surface area contributed by atoms with E-state index in [1.165, 1.54) is 6.21 Å². The first-order valence-corrected chi connectivity index (χ1v) is 10.8. The Labute approximate surface area is 178 Å². The van der Waals surface area contributed by atoms with Crippen molar-refractivity contribution < 1.29 is 13.2 Å². The lowest BCUT2D eigenvalue weighted by molar-refractivity contribution is -0.0279. The molecule has 0 bridgehead atoms. The number of hydrogen-bond donors (Lipinski definition) is 4. The number of halogens is 3. The van der Waals surface area contributed by atoms with Crippen molar-refractivity contribution in [2.45, 2.75) is 44.6 Å². The van der Waals surface area contributed by atoms with Crippen molar-refractivity contribution in [1.82, 2.24) is 9.97 Å². The van der Waals surface area contributed by atoms with Crippen LogP contribution in [0.4, 0.5) is 36.3 Å². The SMILES string of the molecule is CCCCSNc1cccc(Nc2ncc(C(F)(F)CF)c(NC3CC3)n2)c1C=N. The molecule has 0 saturated heterocycles. The summed E-state index contributed by atoms with van der Waals surface area (Å²) in [7, 11) is 0. The molecule has 1 aliphatic rings. The van der Waals surface area contributed by atoms with E-state index in [1.54, 1.807) is 18.0 Å². The Balaban J connectivity index is 1.84. The molecule has 2 aromatic rings. The molecule has 162 valence electrons. The molecule has 1 aromatic heterocycles. The van der Waals surface area contributed by atoms with Crippen LogP contribution >= 0.6 is 11.9 Å². The molecule has 0 radical (unpaired) electrons. The fourth-order valence-corrected chi connectivity index (χ4v) is 3.57. The molecule has 0 aliphatic heterocycles. The minimum Gasteiger partial charge on any atom is -0.367 e. The van der Waals surface area contributed by atoms with Gasteiger partial charge in [-0.1, -0.05) is 31.4 Å². The number of nitrogens with zero attached hydrogens (tertiary/aromatic N) is 2. The Bertz CT molecular complexity index is 876. The molecule has 0 atom stereocenters. The van der Waals surface area contributed by atoms with Crippen LogP contribution < -0.4 is 15.4 Å². The van der Waals surface area contributed by atoms with Crippen molar-refractivity contribution in [2.24, 2.45) is 0 Å². The third-order valence-electron chi connectivity index (χ3n) is 4.55. The molecule has 0 unspecified atom stereocenters. The first-order chi connectivity index (χ1) is 14.5. The molecular weight excluding hydrogens is 413 g/mol. The van der Waals surface area contributed by atoms with Crippen molar-refractivity contribution in [2.75, 3.05) is 27.8 Å². The summed E-state index contributed by atoms with van der Waals surface area (Å²) in [4.78, 5) is 8.13. The van der Waals surface area contributed by atoms with Crippen molar-refractivity contribution in [3.8, 4) is 0 Å². The fourth-order valence-electron chi connectivity index (χ4n) is 2.70. The number of aromatic nitrogens is 2. The van der Waals surface area contributed by atoms with Crippen LogP contribution in [0.15, 0.2) is 24.4 Å². The van der Waals surface area contributed by atoms with Gasteiger partial charge < -0.3 is 20.8 Å². The Hall–Kier alpha value is -2.49. The highest BCUT2D eigenvalue weighted by Gasteiger charge is 2.37. The normalized spacial score (nSPS) is 13.7. The Morgan fingerprint density at radius 3 is 2.73 bits per heavy atom. The van der Waals surface area contributed by atoms with Gasteiger partial charge in [0.1, 0.15) is 5.82 Å². The highest BCUT2D eigenvalue weighted by atomic mass is 32.2. The van der Waals surface area contributed by atoms with Gasteiger partial charge in [-0.25, -0.2) is 9.37 Å². The van der Waals surface area contributed by atoms with E-state index in [4.69, 9.17) is 5.41 Å². The summed E-state index contributed by atoms with van der Waals surface area (Å²) in [6.45, 7) is 0.305. The van der Waals surface area contributed by atoms with Gasteiger partial charge in [-0.2, -0.15) is 13.8 Å². The number of hydrogen-bond acceptors (Lipinski definition) is 7. The second kappa shape index (κ2) is 10.0. The van der Waals surface area contributed by atoms with E-state index in [0.29, 0.717) is 11.3 Å². The molecular formula is C20H25F3N6S. The highest BCUT2D eigenvalue weighted by Crippen LogP contribution is 2.36. The Morgan fingerprint density at radius 1 is 1.30 bits per heavy atom. The summed E-state index contributed by atoms with van der Waals surface area (Å²) < 4.78 is 44.0. The lowest BCUT2D eigenvalue weighted by Crippen LogP contribution is -2.21. The first kappa shape index (κ1) is 22.2. The number of unbranched alkanes of at least 4 members (excludes halogenated alkanes) is 1. The summed E-state index contributed by atoms with van der Waals surface area (Å²) in [6, 6.07) is 5.49. The van der Waals surface area contributed by atoms with Gasteiger partial charge in [-0.05, 0) is 31.4 Å².